The Morgan fingerprint density at radius 1 is 1.21 bits per heavy atom. The lowest BCUT2D eigenvalue weighted by Crippen LogP contribution is -2.13. The first-order valence-corrected chi connectivity index (χ1v) is 7.75. The lowest BCUT2D eigenvalue weighted by molar-refractivity contribution is 0.413. The quantitative estimate of drug-likeness (QED) is 0.813. The summed E-state index contributed by atoms with van der Waals surface area (Å²) in [5.41, 5.74) is 1.16. The van der Waals surface area contributed by atoms with Crippen LogP contribution in [0, 0.1) is 0 Å². The molecule has 0 radical (unpaired) electrons. The summed E-state index contributed by atoms with van der Waals surface area (Å²) in [5, 5.41) is 0. The Labute approximate surface area is 119 Å². The lowest BCUT2D eigenvalue weighted by Gasteiger charge is -2.11. The van der Waals surface area contributed by atoms with Gasteiger partial charge in [-0.3, -0.25) is 0 Å². The Bertz CT molecular complexity index is 616. The smallest absolute Gasteiger partial charge is 0.139 e. The second kappa shape index (κ2) is 5.36. The van der Waals surface area contributed by atoms with E-state index in [9.17, 15) is 4.21 Å². The van der Waals surface area contributed by atoms with Gasteiger partial charge in [0.15, 0.2) is 0 Å². The number of hydrogen-bond acceptors (Lipinski definition) is 3. The molecule has 0 saturated carbocycles. The minimum absolute atomic E-state index is 0.662. The molecule has 98 valence electrons. The molecule has 1 aliphatic heterocycles. The third-order valence-corrected chi connectivity index (χ3v) is 5.74. The van der Waals surface area contributed by atoms with E-state index in [1.807, 2.05) is 52.2 Å². The Morgan fingerprint density at radius 3 is 2.74 bits per heavy atom. The van der Waals surface area contributed by atoms with Crippen molar-refractivity contribution in [3.05, 3.63) is 54.1 Å². The SMILES string of the molecule is COc1ccc2c(c1)SN(Cc1ccccc1)[S@@]2=O. The van der Waals surface area contributed by atoms with E-state index < -0.39 is 11.0 Å². The largest absolute Gasteiger partial charge is 0.497 e. The van der Waals surface area contributed by atoms with Crippen molar-refractivity contribution in [1.82, 2.24) is 3.71 Å². The molecular formula is C14H13NO2S2. The fourth-order valence-electron chi connectivity index (χ4n) is 1.91. The minimum atomic E-state index is -1.11. The summed E-state index contributed by atoms with van der Waals surface area (Å²) < 4.78 is 19.5. The van der Waals surface area contributed by atoms with Crippen molar-refractivity contribution in [3.63, 3.8) is 0 Å². The Kier molecular flexibility index (Phi) is 3.59. The van der Waals surface area contributed by atoms with Crippen molar-refractivity contribution in [2.24, 2.45) is 0 Å². The van der Waals surface area contributed by atoms with Crippen LogP contribution in [-0.2, 0) is 17.5 Å². The Balaban J connectivity index is 1.83. The molecule has 0 spiro atoms. The number of hydrogen-bond donors (Lipinski definition) is 0. The maximum atomic E-state index is 12.4. The summed E-state index contributed by atoms with van der Waals surface area (Å²) in [6.45, 7) is 0.662. The fourth-order valence-corrected chi connectivity index (χ4v) is 4.65. The maximum absolute atomic E-state index is 12.4. The molecule has 1 atom stereocenters. The van der Waals surface area contributed by atoms with Crippen LogP contribution in [0.4, 0.5) is 0 Å². The first kappa shape index (κ1) is 12.7. The second-order valence-electron chi connectivity index (χ2n) is 4.13. The maximum Gasteiger partial charge on any atom is 0.139 e. The summed E-state index contributed by atoms with van der Waals surface area (Å²) >= 11 is 1.52. The molecule has 2 aromatic carbocycles. The lowest BCUT2D eigenvalue weighted by atomic mass is 10.2. The van der Waals surface area contributed by atoms with Crippen LogP contribution in [0.2, 0.25) is 0 Å². The number of fused-ring (bicyclic) bond motifs is 1. The molecule has 0 saturated heterocycles. The second-order valence-corrected chi connectivity index (χ2v) is 6.80. The van der Waals surface area contributed by atoms with Gasteiger partial charge in [-0.15, -0.1) is 0 Å². The summed E-state index contributed by atoms with van der Waals surface area (Å²) in [6.07, 6.45) is 0. The highest BCUT2D eigenvalue weighted by molar-refractivity contribution is 8.08. The van der Waals surface area contributed by atoms with Crippen LogP contribution >= 0.6 is 11.9 Å². The Morgan fingerprint density at radius 2 is 2.00 bits per heavy atom. The number of rotatable bonds is 3. The molecule has 0 fully saturated rings. The van der Waals surface area contributed by atoms with E-state index in [0.29, 0.717) is 6.54 Å². The molecule has 2 aromatic rings. The highest BCUT2D eigenvalue weighted by atomic mass is 32.2. The van der Waals surface area contributed by atoms with Crippen LogP contribution in [0.15, 0.2) is 58.3 Å². The van der Waals surface area contributed by atoms with Gasteiger partial charge in [-0.25, -0.2) is 4.21 Å². The predicted molar refractivity (Wildman–Crippen MR) is 77.2 cm³/mol. The molecule has 0 amide bonds. The number of methoxy groups -OCH3 is 1. The minimum Gasteiger partial charge on any atom is -0.497 e. The zero-order valence-corrected chi connectivity index (χ0v) is 12.0. The van der Waals surface area contributed by atoms with Gasteiger partial charge in [0.1, 0.15) is 16.7 Å². The average Bonchev–Trinajstić information content (AvgIpc) is 2.76. The number of benzene rings is 2. The van der Waals surface area contributed by atoms with Crippen molar-refractivity contribution in [2.45, 2.75) is 16.3 Å². The summed E-state index contributed by atoms with van der Waals surface area (Å²) in [7, 11) is 0.533. The molecule has 0 bridgehead atoms. The van der Waals surface area contributed by atoms with E-state index in [2.05, 4.69) is 0 Å². The molecule has 0 aliphatic carbocycles. The standard InChI is InChI=1S/C14H13NO2S2/c1-17-12-7-8-14-13(9-12)18-15(19(14)16)10-11-5-3-2-4-6-11/h2-9H,10H2,1H3/t19-/m1/s1. The van der Waals surface area contributed by atoms with E-state index in [-0.39, 0.29) is 0 Å². The summed E-state index contributed by atoms with van der Waals surface area (Å²) in [6, 6.07) is 15.7. The van der Waals surface area contributed by atoms with E-state index >= 15 is 0 Å². The van der Waals surface area contributed by atoms with Gasteiger partial charge < -0.3 is 4.74 Å². The normalized spacial score (nSPS) is 18.3. The monoisotopic (exact) mass is 291 g/mol. The van der Waals surface area contributed by atoms with Gasteiger partial charge in [0, 0.05) is 11.4 Å². The van der Waals surface area contributed by atoms with Crippen LogP contribution < -0.4 is 4.74 Å². The molecule has 1 aliphatic rings. The first-order valence-electron chi connectivity index (χ1n) is 5.87. The molecule has 3 rings (SSSR count). The van der Waals surface area contributed by atoms with Crippen LogP contribution in [0.1, 0.15) is 5.56 Å². The van der Waals surface area contributed by atoms with Gasteiger partial charge in [-0.2, -0.15) is 3.71 Å². The molecule has 0 unspecified atom stereocenters. The third kappa shape index (κ3) is 2.54. The van der Waals surface area contributed by atoms with Crippen LogP contribution in [0.5, 0.6) is 5.75 Å². The van der Waals surface area contributed by atoms with E-state index in [0.717, 1.165) is 21.1 Å². The molecule has 19 heavy (non-hydrogen) atoms. The van der Waals surface area contributed by atoms with Gasteiger partial charge >= 0.3 is 0 Å². The van der Waals surface area contributed by atoms with Crippen molar-refractivity contribution in [3.8, 4) is 5.75 Å². The average molecular weight is 291 g/mol. The first-order chi connectivity index (χ1) is 9.28. The van der Waals surface area contributed by atoms with Crippen LogP contribution in [0.25, 0.3) is 0 Å². The molecule has 0 N–H and O–H groups in total. The fraction of sp³-hybridized carbons (Fsp3) is 0.143. The van der Waals surface area contributed by atoms with Gasteiger partial charge in [0.25, 0.3) is 0 Å². The van der Waals surface area contributed by atoms with Crippen LogP contribution in [0.3, 0.4) is 0 Å². The molecule has 1 heterocycles. The van der Waals surface area contributed by atoms with Gasteiger partial charge in [-0.1, -0.05) is 30.3 Å². The van der Waals surface area contributed by atoms with Gasteiger partial charge in [-0.05, 0) is 35.7 Å². The molecule has 5 heteroatoms. The molecular weight excluding hydrogens is 278 g/mol. The van der Waals surface area contributed by atoms with Gasteiger partial charge in [0.2, 0.25) is 0 Å². The van der Waals surface area contributed by atoms with Gasteiger partial charge in [0.05, 0.1) is 12.0 Å². The molecule has 0 aromatic heterocycles. The van der Waals surface area contributed by atoms with E-state index in [1.54, 1.807) is 7.11 Å². The van der Waals surface area contributed by atoms with Crippen molar-refractivity contribution in [1.29, 1.82) is 0 Å². The zero-order chi connectivity index (χ0) is 13.2. The number of ether oxygens (including phenoxy) is 1. The third-order valence-electron chi connectivity index (χ3n) is 2.88. The molecule has 3 nitrogen and oxygen atoms in total. The summed E-state index contributed by atoms with van der Waals surface area (Å²) in [5.74, 6) is 0.796. The van der Waals surface area contributed by atoms with Crippen molar-refractivity contribution >= 4 is 22.9 Å². The van der Waals surface area contributed by atoms with Crippen molar-refractivity contribution in [2.75, 3.05) is 7.11 Å². The zero-order valence-electron chi connectivity index (χ0n) is 10.4. The highest BCUT2D eigenvalue weighted by Gasteiger charge is 2.28. The topological polar surface area (TPSA) is 29.5 Å². The van der Waals surface area contributed by atoms with E-state index in [1.165, 1.54) is 11.9 Å². The Hall–Kier alpha value is -1.30. The van der Waals surface area contributed by atoms with Crippen molar-refractivity contribution < 1.29 is 8.95 Å². The summed E-state index contributed by atoms with van der Waals surface area (Å²) in [4.78, 5) is 1.87. The highest BCUT2D eigenvalue weighted by Crippen LogP contribution is 2.41. The number of nitrogens with zero attached hydrogens (tertiary/aromatic N) is 1. The van der Waals surface area contributed by atoms with Crippen LogP contribution in [-0.4, -0.2) is 15.0 Å². The van der Waals surface area contributed by atoms with E-state index in [4.69, 9.17) is 4.74 Å². The predicted octanol–water partition coefficient (Wildman–Crippen LogP) is 3.24.